The lowest BCUT2D eigenvalue weighted by atomic mass is 9.98. The first-order valence-corrected chi connectivity index (χ1v) is 11.4. The first-order valence-electron chi connectivity index (χ1n) is 9.78. The number of aliphatic hydroxyl groups is 1. The molecule has 3 aromatic rings. The standard InChI is InChI=1S/C21H18Cl2F3N3O2S/c1-2-18-21(30)17(8-19(31-18)32-11-3-4-12(22)13(23)7-11)29-9-16(27-28-29)10-5-14(24)20(26)15(25)6-10/h3-7,9,17-19,21,30H,2,8H2,1H3/t17-,18-,19-,21-/m1/s1. The minimum Gasteiger partial charge on any atom is -0.388 e. The van der Waals surface area contributed by atoms with E-state index in [0.717, 1.165) is 17.0 Å². The molecule has 4 atom stereocenters. The van der Waals surface area contributed by atoms with E-state index in [4.69, 9.17) is 27.9 Å². The Morgan fingerprint density at radius 2 is 1.88 bits per heavy atom. The Labute approximate surface area is 196 Å². The predicted octanol–water partition coefficient (Wildman–Crippen LogP) is 5.89. The van der Waals surface area contributed by atoms with Gasteiger partial charge in [-0.25, -0.2) is 17.9 Å². The van der Waals surface area contributed by atoms with E-state index < -0.39 is 35.7 Å². The first-order chi connectivity index (χ1) is 15.3. The molecule has 1 aliphatic heterocycles. The van der Waals surface area contributed by atoms with Crippen LogP contribution in [0, 0.1) is 17.5 Å². The monoisotopic (exact) mass is 503 g/mol. The highest BCUT2D eigenvalue weighted by molar-refractivity contribution is 7.99. The topological polar surface area (TPSA) is 60.2 Å². The molecule has 2 heterocycles. The van der Waals surface area contributed by atoms with Gasteiger partial charge in [-0.2, -0.15) is 0 Å². The number of hydrogen-bond donors (Lipinski definition) is 1. The second-order valence-corrected chi connectivity index (χ2v) is 9.38. The zero-order valence-electron chi connectivity index (χ0n) is 16.7. The maximum atomic E-state index is 13.6. The van der Waals surface area contributed by atoms with Gasteiger partial charge in [0.25, 0.3) is 0 Å². The Morgan fingerprint density at radius 1 is 1.16 bits per heavy atom. The summed E-state index contributed by atoms with van der Waals surface area (Å²) < 4.78 is 48.0. The fraction of sp³-hybridized carbons (Fsp3) is 0.333. The summed E-state index contributed by atoms with van der Waals surface area (Å²) in [5, 5.41) is 19.7. The predicted molar refractivity (Wildman–Crippen MR) is 116 cm³/mol. The molecule has 1 saturated heterocycles. The highest BCUT2D eigenvalue weighted by atomic mass is 35.5. The minimum atomic E-state index is -1.55. The van der Waals surface area contributed by atoms with Crippen LogP contribution in [0.25, 0.3) is 11.3 Å². The molecule has 2 aromatic carbocycles. The van der Waals surface area contributed by atoms with Crippen LogP contribution in [0.1, 0.15) is 25.8 Å². The van der Waals surface area contributed by atoms with Crippen molar-refractivity contribution < 1.29 is 23.0 Å². The van der Waals surface area contributed by atoms with Gasteiger partial charge >= 0.3 is 0 Å². The zero-order chi connectivity index (χ0) is 23.0. The van der Waals surface area contributed by atoms with E-state index in [0.29, 0.717) is 22.9 Å². The van der Waals surface area contributed by atoms with Crippen molar-refractivity contribution in [3.05, 3.63) is 64.0 Å². The highest BCUT2D eigenvalue weighted by Crippen LogP contribution is 2.40. The van der Waals surface area contributed by atoms with Gasteiger partial charge in [0, 0.05) is 16.9 Å². The van der Waals surface area contributed by atoms with E-state index in [2.05, 4.69) is 10.3 Å². The molecule has 0 aliphatic carbocycles. The number of rotatable bonds is 5. The van der Waals surface area contributed by atoms with Gasteiger partial charge in [0.15, 0.2) is 17.5 Å². The molecule has 32 heavy (non-hydrogen) atoms. The van der Waals surface area contributed by atoms with Gasteiger partial charge in [-0.05, 0) is 36.8 Å². The maximum Gasteiger partial charge on any atom is 0.194 e. The molecule has 170 valence electrons. The van der Waals surface area contributed by atoms with Crippen molar-refractivity contribution in [2.24, 2.45) is 0 Å². The Bertz CT molecular complexity index is 1110. The van der Waals surface area contributed by atoms with Crippen LogP contribution < -0.4 is 0 Å². The molecule has 0 spiro atoms. The average Bonchev–Trinajstić information content (AvgIpc) is 3.25. The highest BCUT2D eigenvalue weighted by Gasteiger charge is 2.39. The number of benzene rings is 2. The number of aromatic nitrogens is 3. The molecule has 0 bridgehead atoms. The SMILES string of the molecule is CC[C@H]1O[C@H](Sc2ccc(Cl)c(Cl)c2)C[C@@H](n2cc(-c3cc(F)c(F)c(F)c3)nn2)[C@H]1O. The number of nitrogens with zero attached hydrogens (tertiary/aromatic N) is 3. The van der Waals surface area contributed by atoms with Crippen molar-refractivity contribution in [3.63, 3.8) is 0 Å². The molecule has 0 amide bonds. The summed E-state index contributed by atoms with van der Waals surface area (Å²) in [4.78, 5) is 0.853. The van der Waals surface area contributed by atoms with E-state index in [9.17, 15) is 18.3 Å². The molecule has 4 rings (SSSR count). The van der Waals surface area contributed by atoms with E-state index in [1.54, 1.807) is 12.1 Å². The van der Waals surface area contributed by atoms with Crippen molar-refractivity contribution >= 4 is 35.0 Å². The molecule has 0 saturated carbocycles. The summed E-state index contributed by atoms with van der Waals surface area (Å²) >= 11 is 13.5. The van der Waals surface area contributed by atoms with Gasteiger partial charge in [0.05, 0.1) is 28.4 Å². The van der Waals surface area contributed by atoms with Crippen LogP contribution in [0.2, 0.25) is 10.0 Å². The Kier molecular flexibility index (Phi) is 7.02. The molecule has 1 aromatic heterocycles. The lowest BCUT2D eigenvalue weighted by Gasteiger charge is -2.38. The van der Waals surface area contributed by atoms with Crippen molar-refractivity contribution in [2.45, 2.75) is 48.3 Å². The zero-order valence-corrected chi connectivity index (χ0v) is 19.0. The third-order valence-electron chi connectivity index (χ3n) is 5.23. The molecule has 11 heteroatoms. The number of thioether (sulfide) groups is 1. The van der Waals surface area contributed by atoms with Crippen molar-refractivity contribution in [1.82, 2.24) is 15.0 Å². The van der Waals surface area contributed by atoms with Crippen LogP contribution in [0.4, 0.5) is 13.2 Å². The molecule has 5 nitrogen and oxygen atoms in total. The fourth-order valence-corrected chi connectivity index (χ4v) is 5.06. The van der Waals surface area contributed by atoms with Crippen molar-refractivity contribution in [1.29, 1.82) is 0 Å². The van der Waals surface area contributed by atoms with Crippen molar-refractivity contribution in [2.75, 3.05) is 0 Å². The smallest absolute Gasteiger partial charge is 0.194 e. The van der Waals surface area contributed by atoms with Crippen LogP contribution in [0.5, 0.6) is 0 Å². The Hall–Kier alpha value is -1.78. The Balaban J connectivity index is 1.58. The average molecular weight is 504 g/mol. The second kappa shape index (κ2) is 9.61. The molecule has 0 unspecified atom stereocenters. The molecular formula is C21H18Cl2F3N3O2S. The number of hydrogen-bond acceptors (Lipinski definition) is 5. The van der Waals surface area contributed by atoms with Gasteiger partial charge in [-0.3, -0.25) is 0 Å². The van der Waals surface area contributed by atoms with Gasteiger partial charge in [0.2, 0.25) is 0 Å². The molecular weight excluding hydrogens is 486 g/mol. The summed E-state index contributed by atoms with van der Waals surface area (Å²) in [6.45, 7) is 1.90. The van der Waals surface area contributed by atoms with Crippen LogP contribution >= 0.6 is 35.0 Å². The largest absolute Gasteiger partial charge is 0.388 e. The summed E-state index contributed by atoms with van der Waals surface area (Å²) in [5.74, 6) is -4.18. The molecule has 0 radical (unpaired) electrons. The normalized spacial score (nSPS) is 23.5. The van der Waals surface area contributed by atoms with E-state index in [-0.39, 0.29) is 16.7 Å². The van der Waals surface area contributed by atoms with Crippen molar-refractivity contribution in [3.8, 4) is 11.3 Å². The van der Waals surface area contributed by atoms with E-state index >= 15 is 0 Å². The maximum absolute atomic E-state index is 13.6. The summed E-state index contributed by atoms with van der Waals surface area (Å²) in [5.41, 5.74) is -0.120. The van der Waals surface area contributed by atoms with Gasteiger partial charge in [0.1, 0.15) is 17.2 Å². The van der Waals surface area contributed by atoms with Crippen LogP contribution in [0.15, 0.2) is 41.4 Å². The van der Waals surface area contributed by atoms with Gasteiger partial charge < -0.3 is 9.84 Å². The third-order valence-corrected chi connectivity index (χ3v) is 7.06. The summed E-state index contributed by atoms with van der Waals surface area (Å²) in [6, 6.07) is 6.47. The molecule has 1 aliphatic rings. The summed E-state index contributed by atoms with van der Waals surface area (Å²) in [7, 11) is 0. The number of ether oxygens (including phenoxy) is 1. The van der Waals surface area contributed by atoms with Crippen LogP contribution in [0.3, 0.4) is 0 Å². The molecule has 1 N–H and O–H groups in total. The van der Waals surface area contributed by atoms with Gasteiger partial charge in [-0.1, -0.05) is 47.1 Å². The third kappa shape index (κ3) is 4.77. The first kappa shape index (κ1) is 23.4. The molecule has 1 fully saturated rings. The number of halogens is 5. The quantitative estimate of drug-likeness (QED) is 0.440. The lowest BCUT2D eigenvalue weighted by molar-refractivity contribution is -0.115. The van der Waals surface area contributed by atoms with Crippen LogP contribution in [-0.2, 0) is 4.74 Å². The van der Waals surface area contributed by atoms with Crippen LogP contribution in [-0.4, -0.2) is 37.7 Å². The second-order valence-electron chi connectivity index (χ2n) is 7.34. The fourth-order valence-electron chi connectivity index (χ4n) is 3.57. The van der Waals surface area contributed by atoms with E-state index in [1.165, 1.54) is 22.6 Å². The number of aliphatic hydroxyl groups excluding tert-OH is 1. The minimum absolute atomic E-state index is 0.0444. The summed E-state index contributed by atoms with van der Waals surface area (Å²) in [6.07, 6.45) is 1.09. The van der Waals surface area contributed by atoms with E-state index in [1.807, 2.05) is 13.0 Å². The Morgan fingerprint density at radius 3 is 2.53 bits per heavy atom. The lowest BCUT2D eigenvalue weighted by Crippen LogP contribution is -2.45. The van der Waals surface area contributed by atoms with Gasteiger partial charge in [-0.15, -0.1) is 5.10 Å².